The number of hydrogen-bond donors (Lipinski definition) is 4. The van der Waals surface area contributed by atoms with Gasteiger partial charge in [0.1, 0.15) is 17.5 Å². The number of hydrogen-bond acceptors (Lipinski definition) is 8. The van der Waals surface area contributed by atoms with Gasteiger partial charge >= 0.3 is 0 Å². The zero-order chi connectivity index (χ0) is 26.3. The fraction of sp³-hybridized carbons (Fsp3) is 0.417. The molecule has 2 aliphatic carbocycles. The SMILES string of the molecule is Cn1ncc2cc(C(N)=O)c(OC3CC4(CC(NC(=O)c5cnc(NCC(F)F)c(C=N)c5)C4)C3)nc21. The van der Waals surface area contributed by atoms with E-state index in [1.165, 1.54) is 12.3 Å². The molecule has 0 saturated heterocycles. The molecule has 3 heterocycles. The molecular weight excluding hydrogens is 486 g/mol. The monoisotopic (exact) mass is 512 g/mol. The number of nitrogens with two attached hydrogens (primary N) is 1. The summed E-state index contributed by atoms with van der Waals surface area (Å²) in [6, 6.07) is 3.07. The lowest BCUT2D eigenvalue weighted by molar-refractivity contribution is -0.0847. The molecule has 0 aliphatic heterocycles. The van der Waals surface area contributed by atoms with Crippen LogP contribution in [0.2, 0.25) is 0 Å². The number of nitrogens with zero attached hydrogens (tertiary/aromatic N) is 4. The molecule has 0 aromatic carbocycles. The molecule has 3 aromatic heterocycles. The molecule has 0 bridgehead atoms. The predicted octanol–water partition coefficient (Wildman–Crippen LogP) is 2.26. The Bertz CT molecular complexity index is 1380. The van der Waals surface area contributed by atoms with Gasteiger partial charge in [-0.15, -0.1) is 0 Å². The first-order chi connectivity index (χ1) is 17.7. The molecule has 5 rings (SSSR count). The Balaban J connectivity index is 1.15. The summed E-state index contributed by atoms with van der Waals surface area (Å²) in [6.07, 6.45) is 4.33. The van der Waals surface area contributed by atoms with Gasteiger partial charge in [0.15, 0.2) is 5.65 Å². The quantitative estimate of drug-likeness (QED) is 0.320. The third-order valence-electron chi connectivity index (χ3n) is 6.99. The van der Waals surface area contributed by atoms with Crippen molar-refractivity contribution in [2.24, 2.45) is 18.2 Å². The van der Waals surface area contributed by atoms with E-state index < -0.39 is 18.9 Å². The summed E-state index contributed by atoms with van der Waals surface area (Å²) in [6.45, 7) is -0.591. The van der Waals surface area contributed by atoms with Crippen molar-refractivity contribution >= 4 is 34.9 Å². The predicted molar refractivity (Wildman–Crippen MR) is 130 cm³/mol. The number of aromatic nitrogens is 4. The maximum absolute atomic E-state index is 12.7. The number of aryl methyl sites for hydroxylation is 1. The number of alkyl halides is 2. The number of fused-ring (bicyclic) bond motifs is 1. The first kappa shape index (κ1) is 24.5. The summed E-state index contributed by atoms with van der Waals surface area (Å²) >= 11 is 0. The van der Waals surface area contributed by atoms with Gasteiger partial charge in [-0.2, -0.15) is 10.1 Å². The summed E-state index contributed by atoms with van der Waals surface area (Å²) in [7, 11) is 1.75. The highest BCUT2D eigenvalue weighted by Crippen LogP contribution is 2.56. The Labute approximate surface area is 210 Å². The van der Waals surface area contributed by atoms with Crippen LogP contribution in [-0.2, 0) is 7.05 Å². The zero-order valence-corrected chi connectivity index (χ0v) is 20.0. The van der Waals surface area contributed by atoms with Crippen LogP contribution in [0.3, 0.4) is 0 Å². The number of amides is 2. The Morgan fingerprint density at radius 1 is 1.30 bits per heavy atom. The summed E-state index contributed by atoms with van der Waals surface area (Å²) in [5.41, 5.74) is 6.92. The van der Waals surface area contributed by atoms with Crippen molar-refractivity contribution < 1.29 is 23.1 Å². The first-order valence-corrected chi connectivity index (χ1v) is 11.8. The summed E-state index contributed by atoms with van der Waals surface area (Å²) < 4.78 is 32.5. The lowest BCUT2D eigenvalue weighted by atomic mass is 9.53. The lowest BCUT2D eigenvalue weighted by Gasteiger charge is -2.57. The second-order valence-corrected chi connectivity index (χ2v) is 9.69. The normalized spacial score (nSPS) is 22.4. The van der Waals surface area contributed by atoms with Gasteiger partial charge < -0.3 is 26.5 Å². The van der Waals surface area contributed by atoms with Crippen LogP contribution in [0.25, 0.3) is 11.0 Å². The van der Waals surface area contributed by atoms with Crippen molar-refractivity contribution in [3.63, 3.8) is 0 Å². The average Bonchev–Trinajstić information content (AvgIpc) is 3.18. The van der Waals surface area contributed by atoms with Crippen LogP contribution >= 0.6 is 0 Å². The largest absolute Gasteiger partial charge is 0.474 e. The molecule has 1 spiro atoms. The van der Waals surface area contributed by atoms with Crippen LogP contribution in [0.1, 0.15) is 52.0 Å². The molecule has 194 valence electrons. The van der Waals surface area contributed by atoms with Crippen LogP contribution in [-0.4, -0.2) is 62.9 Å². The van der Waals surface area contributed by atoms with Gasteiger partial charge in [0, 0.05) is 36.5 Å². The van der Waals surface area contributed by atoms with Gasteiger partial charge in [-0.25, -0.2) is 13.8 Å². The number of anilines is 1. The molecule has 2 saturated carbocycles. The molecule has 13 heteroatoms. The molecule has 2 fully saturated rings. The maximum atomic E-state index is 12.7. The van der Waals surface area contributed by atoms with Crippen molar-refractivity contribution in [2.45, 2.75) is 44.3 Å². The van der Waals surface area contributed by atoms with Crippen molar-refractivity contribution in [1.29, 1.82) is 5.41 Å². The third-order valence-corrected chi connectivity index (χ3v) is 6.99. The highest BCUT2D eigenvalue weighted by molar-refractivity contribution is 5.98. The van der Waals surface area contributed by atoms with E-state index in [1.54, 1.807) is 24.0 Å². The second-order valence-electron chi connectivity index (χ2n) is 9.69. The molecule has 3 aromatic rings. The molecule has 2 aliphatic rings. The zero-order valence-electron chi connectivity index (χ0n) is 20.0. The summed E-state index contributed by atoms with van der Waals surface area (Å²) in [5.74, 6) is -0.616. The molecule has 2 amide bonds. The fourth-order valence-electron chi connectivity index (χ4n) is 5.20. The summed E-state index contributed by atoms with van der Waals surface area (Å²) in [5, 5.41) is 17.8. The minimum absolute atomic E-state index is 0.0152. The number of carbonyl (C=O) groups excluding carboxylic acids is 2. The van der Waals surface area contributed by atoms with E-state index in [-0.39, 0.29) is 51.9 Å². The molecule has 37 heavy (non-hydrogen) atoms. The topological polar surface area (TPSA) is 161 Å². The molecule has 0 radical (unpaired) electrons. The maximum Gasteiger partial charge on any atom is 0.255 e. The van der Waals surface area contributed by atoms with Crippen LogP contribution in [0, 0.1) is 10.8 Å². The van der Waals surface area contributed by atoms with Gasteiger partial charge in [0.25, 0.3) is 18.2 Å². The van der Waals surface area contributed by atoms with Crippen LogP contribution in [0.5, 0.6) is 5.88 Å². The minimum atomic E-state index is -2.56. The van der Waals surface area contributed by atoms with Gasteiger partial charge in [0.2, 0.25) is 5.88 Å². The summed E-state index contributed by atoms with van der Waals surface area (Å²) in [4.78, 5) is 33.1. The van der Waals surface area contributed by atoms with Gasteiger partial charge in [0.05, 0.1) is 18.3 Å². The molecule has 0 atom stereocenters. The number of nitrogens with one attached hydrogen (secondary N) is 3. The van der Waals surface area contributed by atoms with Gasteiger partial charge in [-0.05, 0) is 43.2 Å². The van der Waals surface area contributed by atoms with Gasteiger partial charge in [-0.3, -0.25) is 14.3 Å². The first-order valence-electron chi connectivity index (χ1n) is 11.8. The molecule has 0 unspecified atom stereocenters. The van der Waals surface area contributed by atoms with E-state index in [2.05, 4.69) is 25.7 Å². The molecule has 5 N–H and O–H groups in total. The fourth-order valence-corrected chi connectivity index (χ4v) is 5.20. The van der Waals surface area contributed by atoms with E-state index >= 15 is 0 Å². The second kappa shape index (κ2) is 9.37. The standard InChI is InChI=1S/C24H26F2N8O3/c1-34-21-13(10-31-34)3-17(19(28)35)23(33-21)37-16-6-24(7-16)4-15(5-24)32-22(36)14-2-12(8-27)20(29-9-14)30-11-18(25)26/h2-3,8-10,15-16,18,27H,4-7,11H2,1H3,(H2,28,35)(H,29,30)(H,32,36). The van der Waals surface area contributed by atoms with Crippen LogP contribution < -0.4 is 21.1 Å². The van der Waals surface area contributed by atoms with Crippen molar-refractivity contribution in [1.82, 2.24) is 25.1 Å². The van der Waals surface area contributed by atoms with Crippen molar-refractivity contribution in [3.05, 3.63) is 41.2 Å². The Hall–Kier alpha value is -4.16. The number of ether oxygens (including phenoxy) is 1. The van der Waals surface area contributed by atoms with E-state index in [4.69, 9.17) is 15.9 Å². The smallest absolute Gasteiger partial charge is 0.255 e. The highest BCUT2D eigenvalue weighted by Gasteiger charge is 2.54. The lowest BCUT2D eigenvalue weighted by Crippen LogP contribution is -2.58. The Morgan fingerprint density at radius 2 is 2.05 bits per heavy atom. The number of rotatable bonds is 9. The number of halogens is 2. The van der Waals surface area contributed by atoms with E-state index in [0.717, 1.165) is 31.9 Å². The molecular formula is C24H26F2N8O3. The van der Waals surface area contributed by atoms with E-state index in [9.17, 15) is 18.4 Å². The van der Waals surface area contributed by atoms with Crippen LogP contribution in [0.15, 0.2) is 24.5 Å². The Kier molecular flexibility index (Phi) is 6.21. The number of carbonyl (C=O) groups is 2. The van der Waals surface area contributed by atoms with E-state index in [0.29, 0.717) is 11.0 Å². The van der Waals surface area contributed by atoms with Crippen LogP contribution in [0.4, 0.5) is 14.6 Å². The number of primary amides is 1. The average molecular weight is 513 g/mol. The van der Waals surface area contributed by atoms with Crippen molar-refractivity contribution in [2.75, 3.05) is 11.9 Å². The van der Waals surface area contributed by atoms with E-state index in [1.807, 2.05) is 0 Å². The van der Waals surface area contributed by atoms with Crippen molar-refractivity contribution in [3.8, 4) is 5.88 Å². The Morgan fingerprint density at radius 3 is 2.73 bits per heavy atom. The molecule has 11 nitrogen and oxygen atoms in total. The number of pyridine rings is 2. The highest BCUT2D eigenvalue weighted by atomic mass is 19.3. The van der Waals surface area contributed by atoms with Gasteiger partial charge in [-0.1, -0.05) is 0 Å². The minimum Gasteiger partial charge on any atom is -0.474 e. The third kappa shape index (κ3) is 4.80.